The Morgan fingerprint density at radius 2 is 0.908 bits per heavy atom. The van der Waals surface area contributed by atoms with E-state index in [4.69, 9.17) is 69.9 Å². The van der Waals surface area contributed by atoms with Gasteiger partial charge in [-0.1, -0.05) is 50.2 Å². The summed E-state index contributed by atoms with van der Waals surface area (Å²) >= 11 is 0. The van der Waals surface area contributed by atoms with E-state index in [-0.39, 0.29) is 30.6 Å². The minimum atomic E-state index is -0.400. The molecule has 0 aliphatic heterocycles. The molecule has 0 saturated heterocycles. The molecular formula is C57H84N8O11. The van der Waals surface area contributed by atoms with Gasteiger partial charge in [0.2, 0.25) is 0 Å². The fourth-order valence-corrected chi connectivity index (χ4v) is 5.04. The number of aliphatic hydroxyl groups is 1. The van der Waals surface area contributed by atoms with Gasteiger partial charge in [-0.25, -0.2) is 14.4 Å². The number of benzene rings is 6. The van der Waals surface area contributed by atoms with Gasteiger partial charge in [-0.3, -0.25) is 0 Å². The van der Waals surface area contributed by atoms with Crippen LogP contribution >= 0.6 is 0 Å². The molecular weight excluding hydrogens is 973 g/mol. The van der Waals surface area contributed by atoms with Gasteiger partial charge in [0.15, 0.2) is 0 Å². The third kappa shape index (κ3) is 34.2. The molecule has 2 unspecified atom stereocenters. The molecule has 0 radical (unpaired) electrons. The van der Waals surface area contributed by atoms with Crippen LogP contribution in [-0.4, -0.2) is 96.6 Å². The zero-order chi connectivity index (χ0) is 57.7. The first-order valence-corrected chi connectivity index (χ1v) is 24.2. The molecule has 0 amide bonds. The third-order valence-corrected chi connectivity index (χ3v) is 9.25. The van der Waals surface area contributed by atoms with Crippen LogP contribution in [0.2, 0.25) is 0 Å². The largest absolute Gasteiger partial charge is 0.494 e. The van der Waals surface area contributed by atoms with Crippen LogP contribution in [0.15, 0.2) is 146 Å². The Bertz CT molecular complexity index is 2430. The lowest BCUT2D eigenvalue weighted by Gasteiger charge is -2.04. The summed E-state index contributed by atoms with van der Waals surface area (Å²) in [7, 11) is 5.68. The van der Waals surface area contributed by atoms with E-state index in [0.29, 0.717) is 65.9 Å². The van der Waals surface area contributed by atoms with E-state index in [0.717, 1.165) is 41.5 Å². The number of carbonyl (C=O) groups excluding carboxylic acids is 3. The van der Waals surface area contributed by atoms with Crippen molar-refractivity contribution in [3.8, 4) is 17.2 Å². The predicted octanol–water partition coefficient (Wildman–Crippen LogP) is 8.25. The summed E-state index contributed by atoms with van der Waals surface area (Å²) in [4.78, 5) is 32.7. The lowest BCUT2D eigenvalue weighted by atomic mass is 10.2. The number of nitrogen functional groups attached to an aromatic ring is 6. The van der Waals surface area contributed by atoms with Gasteiger partial charge in [0.05, 0.1) is 76.7 Å². The fraction of sp³-hybridized carbons (Fsp3) is 0.316. The van der Waals surface area contributed by atoms with Crippen molar-refractivity contribution in [1.29, 1.82) is 0 Å². The number of hydrogen-bond acceptors (Lipinski definition) is 19. The van der Waals surface area contributed by atoms with Crippen LogP contribution in [0.1, 0.15) is 78.5 Å². The van der Waals surface area contributed by atoms with Crippen molar-refractivity contribution in [2.24, 2.45) is 11.5 Å². The van der Waals surface area contributed by atoms with Crippen molar-refractivity contribution in [2.45, 2.75) is 59.5 Å². The second-order valence-electron chi connectivity index (χ2n) is 15.3. The number of ether oxygens (including phenoxy) is 7. The number of hydrogen-bond donors (Lipinski definition) is 9. The van der Waals surface area contributed by atoms with Gasteiger partial charge in [-0.2, -0.15) is 0 Å². The summed E-state index contributed by atoms with van der Waals surface area (Å²) in [6.45, 7) is 12.7. The van der Waals surface area contributed by atoms with Gasteiger partial charge < -0.3 is 84.1 Å². The normalized spacial score (nSPS) is 10.1. The van der Waals surface area contributed by atoms with Crippen molar-refractivity contribution in [1.82, 2.24) is 0 Å². The van der Waals surface area contributed by atoms with Gasteiger partial charge in [-0.15, -0.1) is 0 Å². The SMILES string of the molecule is CCC(N)CO.CCC(N)COC.CCOc1ccc(N)cc1.CCOc1cccc(N)c1.CCOc1ccccc1N.COC(=O)c1ccc(N)cc1.COC(=O)c1cccc(N)c1.COC(=O)c1ccccc1N. The van der Waals surface area contributed by atoms with Gasteiger partial charge in [0, 0.05) is 53.7 Å². The Morgan fingerprint density at radius 1 is 0.447 bits per heavy atom. The van der Waals surface area contributed by atoms with Gasteiger partial charge >= 0.3 is 17.9 Å². The molecule has 17 N–H and O–H groups in total. The molecule has 0 bridgehead atoms. The number of nitrogens with two attached hydrogens (primary N) is 8. The lowest BCUT2D eigenvalue weighted by Crippen LogP contribution is -2.23. The first-order chi connectivity index (χ1) is 36.3. The summed E-state index contributed by atoms with van der Waals surface area (Å²) < 4.78 is 33.9. The minimum absolute atomic E-state index is 0.00926. The number of anilines is 6. The highest BCUT2D eigenvalue weighted by Gasteiger charge is 2.07. The van der Waals surface area contributed by atoms with E-state index < -0.39 is 5.97 Å². The predicted molar refractivity (Wildman–Crippen MR) is 308 cm³/mol. The first kappa shape index (κ1) is 69.8. The molecule has 0 fully saturated rings. The minimum Gasteiger partial charge on any atom is -0.494 e. The number of rotatable bonds is 14. The second-order valence-corrected chi connectivity index (χ2v) is 15.3. The number of para-hydroxylation sites is 3. The van der Waals surface area contributed by atoms with E-state index in [1.54, 1.807) is 79.9 Å². The zero-order valence-electron chi connectivity index (χ0n) is 45.6. The summed E-state index contributed by atoms with van der Waals surface area (Å²) in [5.41, 5.74) is 48.9. The van der Waals surface area contributed by atoms with Gasteiger partial charge in [0.1, 0.15) is 17.2 Å². The molecule has 19 heteroatoms. The number of esters is 3. The smallest absolute Gasteiger partial charge is 0.339 e. The Hall–Kier alpha value is -8.23. The van der Waals surface area contributed by atoms with E-state index in [1.807, 2.05) is 107 Å². The molecule has 6 aromatic carbocycles. The summed E-state index contributed by atoms with van der Waals surface area (Å²) in [6, 6.07) is 42.5. The maximum Gasteiger partial charge on any atom is 0.339 e. The summed E-state index contributed by atoms with van der Waals surface area (Å²) in [5.74, 6) is 1.37. The molecule has 0 saturated carbocycles. The average Bonchev–Trinajstić information content (AvgIpc) is 3.43. The fourth-order valence-electron chi connectivity index (χ4n) is 5.04. The maximum atomic E-state index is 10.9. The van der Waals surface area contributed by atoms with Crippen LogP contribution in [-0.2, 0) is 18.9 Å². The van der Waals surface area contributed by atoms with Crippen molar-refractivity contribution in [3.63, 3.8) is 0 Å². The van der Waals surface area contributed by atoms with E-state index in [1.165, 1.54) is 21.3 Å². The first-order valence-electron chi connectivity index (χ1n) is 24.2. The molecule has 6 aromatic rings. The molecule has 6 rings (SSSR count). The quantitative estimate of drug-likeness (QED) is 0.0281. The maximum absolute atomic E-state index is 10.9. The monoisotopic (exact) mass is 1060 g/mol. The van der Waals surface area contributed by atoms with Crippen LogP contribution in [0.3, 0.4) is 0 Å². The van der Waals surface area contributed by atoms with Crippen molar-refractivity contribution in [2.75, 3.05) is 95.9 Å². The summed E-state index contributed by atoms with van der Waals surface area (Å²) in [5, 5.41) is 8.21. The molecule has 0 aliphatic rings. The van der Waals surface area contributed by atoms with E-state index in [2.05, 4.69) is 14.2 Å². The van der Waals surface area contributed by atoms with Crippen LogP contribution in [0, 0.1) is 0 Å². The van der Waals surface area contributed by atoms with Crippen LogP contribution in [0.5, 0.6) is 17.2 Å². The highest BCUT2D eigenvalue weighted by molar-refractivity contribution is 5.95. The standard InChI is InChI=1S/3C8H9NO2.3C8H11NO.C5H13NO.C4H11NO/c1-11-8(10)6-2-4-7(9)5-3-6;1-11-8(10)6-3-2-4-7(9)5-6;1-11-8(10)6-4-2-3-5-7(6)9;1-2-10-8-5-3-7(9)4-6-8;1-2-10-8-5-3-4-7(9)6-8;1-2-10-8-6-4-3-5-7(8)9;1-3-5(6)4-7-2;1-2-4(5)3-6/h3*2-5H,9H2,1H3;3*3-6H,2,9H2,1H3;5H,3-4,6H2,1-2H3;4,6H,2-3,5H2,1H3. The van der Waals surface area contributed by atoms with E-state index in [9.17, 15) is 14.4 Å². The van der Waals surface area contributed by atoms with Gasteiger partial charge in [0.25, 0.3) is 0 Å². The van der Waals surface area contributed by atoms with E-state index >= 15 is 0 Å². The highest BCUT2D eigenvalue weighted by atomic mass is 16.5. The Morgan fingerprint density at radius 3 is 1.33 bits per heavy atom. The lowest BCUT2D eigenvalue weighted by molar-refractivity contribution is 0.0592. The highest BCUT2D eigenvalue weighted by Crippen LogP contribution is 2.19. The zero-order valence-corrected chi connectivity index (χ0v) is 45.6. The van der Waals surface area contributed by atoms with Crippen LogP contribution in [0.25, 0.3) is 0 Å². The van der Waals surface area contributed by atoms with Crippen LogP contribution < -0.4 is 60.1 Å². The number of methoxy groups -OCH3 is 4. The summed E-state index contributed by atoms with van der Waals surface area (Å²) in [6.07, 6.45) is 1.85. The number of aliphatic hydroxyl groups excluding tert-OH is 1. The Kier molecular flexibility index (Phi) is 40.7. The molecule has 19 nitrogen and oxygen atoms in total. The molecule has 76 heavy (non-hydrogen) atoms. The van der Waals surface area contributed by atoms with Gasteiger partial charge in [-0.05, 0) is 137 Å². The second kappa shape index (κ2) is 44.3. The van der Waals surface area contributed by atoms with Crippen molar-refractivity contribution in [3.05, 3.63) is 162 Å². The Balaban J connectivity index is 0. The average molecular weight is 1060 g/mol. The third-order valence-electron chi connectivity index (χ3n) is 9.25. The number of carbonyl (C=O) groups is 3. The Labute approximate surface area is 449 Å². The molecule has 2 atom stereocenters. The molecule has 0 aromatic heterocycles. The molecule has 0 aliphatic carbocycles. The topological polar surface area (TPSA) is 344 Å². The molecule has 0 heterocycles. The van der Waals surface area contributed by atoms with Crippen molar-refractivity contribution < 1.29 is 52.6 Å². The molecule has 418 valence electrons. The molecule has 0 spiro atoms. The van der Waals surface area contributed by atoms with Crippen LogP contribution in [0.4, 0.5) is 34.1 Å². The van der Waals surface area contributed by atoms with Crippen molar-refractivity contribution >= 4 is 52.0 Å².